The van der Waals surface area contributed by atoms with Gasteiger partial charge in [0.05, 0.1) is 16.7 Å². The summed E-state index contributed by atoms with van der Waals surface area (Å²) >= 11 is 11.9. The fraction of sp³-hybridized carbons (Fsp3) is 0.438. The molecule has 0 radical (unpaired) electrons. The lowest BCUT2D eigenvalue weighted by molar-refractivity contribution is -0.166. The Balaban J connectivity index is 3.57. The van der Waals surface area contributed by atoms with Crippen LogP contribution in [0.25, 0.3) is 0 Å². The van der Waals surface area contributed by atoms with E-state index < -0.39 is 29.3 Å². The van der Waals surface area contributed by atoms with Gasteiger partial charge in [-0.25, -0.2) is 9.59 Å². The fourth-order valence-electron chi connectivity index (χ4n) is 2.61. The van der Waals surface area contributed by atoms with Gasteiger partial charge in [-0.3, -0.25) is 4.79 Å². The molecule has 24 heavy (non-hydrogen) atoms. The third-order valence-corrected chi connectivity index (χ3v) is 4.32. The summed E-state index contributed by atoms with van der Waals surface area (Å²) in [5, 5.41) is 12.6. The summed E-state index contributed by atoms with van der Waals surface area (Å²) in [4.78, 5) is 36.1. The predicted octanol–water partition coefficient (Wildman–Crippen LogP) is 3.01. The molecule has 0 saturated carbocycles. The standard InChI is InChI=1S/C16H19Cl2NO5/c1-4-11(10-6-7-12(17)13(18)8-10)16(14(21)22,19-9(3)20)15(23)24-5-2/h6-8,11H,4-5H2,1-3H3,(H,19,20)(H,21,22). The summed E-state index contributed by atoms with van der Waals surface area (Å²) in [6.45, 7) is 4.37. The normalized spacial score (nSPS) is 14.4. The van der Waals surface area contributed by atoms with Crippen LogP contribution >= 0.6 is 23.2 Å². The zero-order valence-electron chi connectivity index (χ0n) is 13.6. The molecule has 0 saturated heterocycles. The minimum Gasteiger partial charge on any atom is -0.479 e. The number of halogens is 2. The number of carboxylic acids is 1. The van der Waals surface area contributed by atoms with Crippen LogP contribution in [0.5, 0.6) is 0 Å². The van der Waals surface area contributed by atoms with Crippen LogP contribution in [0.2, 0.25) is 10.0 Å². The average Bonchev–Trinajstić information content (AvgIpc) is 2.49. The van der Waals surface area contributed by atoms with Crippen molar-refractivity contribution in [3.05, 3.63) is 33.8 Å². The number of carbonyl (C=O) groups is 3. The molecule has 0 spiro atoms. The number of amides is 1. The van der Waals surface area contributed by atoms with Gasteiger partial charge in [-0.1, -0.05) is 36.2 Å². The van der Waals surface area contributed by atoms with Crippen molar-refractivity contribution in [1.82, 2.24) is 5.32 Å². The van der Waals surface area contributed by atoms with E-state index in [0.717, 1.165) is 6.92 Å². The van der Waals surface area contributed by atoms with E-state index >= 15 is 0 Å². The number of aliphatic carboxylic acids is 1. The van der Waals surface area contributed by atoms with Gasteiger partial charge < -0.3 is 15.2 Å². The van der Waals surface area contributed by atoms with E-state index in [1.54, 1.807) is 19.9 Å². The smallest absolute Gasteiger partial charge is 0.344 e. The maximum absolute atomic E-state index is 12.5. The molecule has 0 aliphatic rings. The van der Waals surface area contributed by atoms with E-state index in [1.807, 2.05) is 0 Å². The van der Waals surface area contributed by atoms with E-state index in [0.29, 0.717) is 10.6 Å². The Bertz CT molecular complexity index is 649. The molecule has 0 aromatic heterocycles. The Morgan fingerprint density at radius 3 is 2.29 bits per heavy atom. The Hall–Kier alpha value is -1.79. The van der Waals surface area contributed by atoms with Crippen LogP contribution in [0.4, 0.5) is 0 Å². The van der Waals surface area contributed by atoms with Gasteiger partial charge in [-0.05, 0) is 31.0 Å². The number of hydrogen-bond donors (Lipinski definition) is 2. The predicted molar refractivity (Wildman–Crippen MR) is 90.3 cm³/mol. The second kappa shape index (κ2) is 8.35. The molecule has 2 unspecified atom stereocenters. The lowest BCUT2D eigenvalue weighted by Gasteiger charge is -2.35. The monoisotopic (exact) mass is 375 g/mol. The van der Waals surface area contributed by atoms with Crippen LogP contribution in [0, 0.1) is 0 Å². The first-order valence-corrected chi connectivity index (χ1v) is 8.10. The highest BCUT2D eigenvalue weighted by Gasteiger charge is 2.55. The maximum atomic E-state index is 12.5. The number of benzene rings is 1. The van der Waals surface area contributed by atoms with Crippen LogP contribution in [-0.2, 0) is 19.1 Å². The van der Waals surface area contributed by atoms with Crippen molar-refractivity contribution in [3.8, 4) is 0 Å². The maximum Gasteiger partial charge on any atom is 0.344 e. The minimum absolute atomic E-state index is 0.0226. The van der Waals surface area contributed by atoms with E-state index in [-0.39, 0.29) is 18.1 Å². The van der Waals surface area contributed by atoms with Gasteiger partial charge in [0, 0.05) is 12.8 Å². The van der Waals surface area contributed by atoms with Gasteiger partial charge in [0.15, 0.2) is 0 Å². The molecule has 2 N–H and O–H groups in total. The first kappa shape index (κ1) is 20.3. The van der Waals surface area contributed by atoms with Crippen LogP contribution in [-0.4, -0.2) is 35.1 Å². The number of nitrogens with one attached hydrogen (secondary N) is 1. The summed E-state index contributed by atoms with van der Waals surface area (Å²) in [6, 6.07) is 4.56. The van der Waals surface area contributed by atoms with Gasteiger partial charge in [-0.15, -0.1) is 0 Å². The van der Waals surface area contributed by atoms with Crippen molar-refractivity contribution < 1.29 is 24.2 Å². The highest BCUT2D eigenvalue weighted by Crippen LogP contribution is 2.36. The molecular weight excluding hydrogens is 357 g/mol. The number of ether oxygens (including phenoxy) is 1. The number of esters is 1. The highest BCUT2D eigenvalue weighted by molar-refractivity contribution is 6.42. The summed E-state index contributed by atoms with van der Waals surface area (Å²) < 4.78 is 4.93. The van der Waals surface area contributed by atoms with Crippen molar-refractivity contribution in [3.63, 3.8) is 0 Å². The average molecular weight is 376 g/mol. The van der Waals surface area contributed by atoms with Crippen molar-refractivity contribution >= 4 is 41.0 Å². The number of carboxylic acid groups (broad SMARTS) is 1. The first-order valence-electron chi connectivity index (χ1n) is 7.34. The fourth-order valence-corrected chi connectivity index (χ4v) is 2.92. The molecule has 1 aromatic carbocycles. The molecule has 0 heterocycles. The van der Waals surface area contributed by atoms with E-state index in [9.17, 15) is 19.5 Å². The van der Waals surface area contributed by atoms with E-state index in [4.69, 9.17) is 27.9 Å². The van der Waals surface area contributed by atoms with Gasteiger partial charge in [-0.2, -0.15) is 0 Å². The number of hydrogen-bond acceptors (Lipinski definition) is 4. The SMILES string of the molecule is CCOC(=O)C(NC(C)=O)(C(=O)O)C(CC)c1ccc(Cl)c(Cl)c1. The van der Waals surface area contributed by atoms with Crippen molar-refractivity contribution in [2.24, 2.45) is 0 Å². The van der Waals surface area contributed by atoms with Gasteiger partial charge in [0.25, 0.3) is 0 Å². The number of rotatable bonds is 7. The summed E-state index contributed by atoms with van der Waals surface area (Å²) in [7, 11) is 0. The van der Waals surface area contributed by atoms with E-state index in [1.165, 1.54) is 12.1 Å². The molecule has 1 amide bonds. The molecule has 1 aromatic rings. The topological polar surface area (TPSA) is 92.7 Å². The second-order valence-electron chi connectivity index (χ2n) is 5.15. The molecule has 0 fully saturated rings. The van der Waals surface area contributed by atoms with Gasteiger partial charge in [0.2, 0.25) is 11.4 Å². The second-order valence-corrected chi connectivity index (χ2v) is 5.96. The number of carbonyl (C=O) groups excluding carboxylic acids is 2. The molecule has 0 aliphatic heterocycles. The van der Waals surface area contributed by atoms with Crippen LogP contribution < -0.4 is 5.32 Å². The third-order valence-electron chi connectivity index (χ3n) is 3.58. The highest BCUT2D eigenvalue weighted by atomic mass is 35.5. The Morgan fingerprint density at radius 2 is 1.88 bits per heavy atom. The van der Waals surface area contributed by atoms with Crippen LogP contribution in [0.15, 0.2) is 18.2 Å². The van der Waals surface area contributed by atoms with Crippen molar-refractivity contribution in [2.45, 2.75) is 38.6 Å². The zero-order valence-corrected chi connectivity index (χ0v) is 15.1. The molecule has 6 nitrogen and oxygen atoms in total. The van der Waals surface area contributed by atoms with Gasteiger partial charge in [0.1, 0.15) is 0 Å². The molecule has 8 heteroatoms. The molecule has 132 valence electrons. The van der Waals surface area contributed by atoms with Crippen molar-refractivity contribution in [2.75, 3.05) is 6.61 Å². The Morgan fingerprint density at radius 1 is 1.25 bits per heavy atom. The molecule has 0 bridgehead atoms. The van der Waals surface area contributed by atoms with Crippen molar-refractivity contribution in [1.29, 1.82) is 0 Å². The van der Waals surface area contributed by atoms with Gasteiger partial charge >= 0.3 is 11.9 Å². The molecule has 0 aliphatic carbocycles. The van der Waals surface area contributed by atoms with E-state index in [2.05, 4.69) is 5.32 Å². The molecular formula is C16H19Cl2NO5. The minimum atomic E-state index is -2.26. The molecule has 1 rings (SSSR count). The Labute approximate surface area is 150 Å². The lowest BCUT2D eigenvalue weighted by Crippen LogP contribution is -2.63. The van der Waals surface area contributed by atoms with Crippen LogP contribution in [0.1, 0.15) is 38.7 Å². The zero-order chi connectivity index (χ0) is 18.5. The third kappa shape index (κ3) is 3.99. The summed E-state index contributed by atoms with van der Waals surface area (Å²) in [5.41, 5.74) is -1.80. The van der Waals surface area contributed by atoms with Crippen LogP contribution in [0.3, 0.4) is 0 Å². The largest absolute Gasteiger partial charge is 0.479 e. The summed E-state index contributed by atoms with van der Waals surface area (Å²) in [5.74, 6) is -4.10. The Kier molecular flexibility index (Phi) is 7.05. The first-order chi connectivity index (χ1) is 11.2. The molecule has 2 atom stereocenters. The quantitative estimate of drug-likeness (QED) is 0.564. The summed E-state index contributed by atoms with van der Waals surface area (Å²) in [6.07, 6.45) is 0.239. The lowest BCUT2D eigenvalue weighted by atomic mass is 9.77.